The van der Waals surface area contributed by atoms with Gasteiger partial charge >= 0.3 is 0 Å². The second-order valence-corrected chi connectivity index (χ2v) is 10.0. The normalized spacial score (nSPS) is 15.4. The molecule has 1 aromatic carbocycles. The molecule has 92 valence electrons. The molecule has 17 heavy (non-hydrogen) atoms. The van der Waals surface area contributed by atoms with Gasteiger partial charge in [0, 0.05) is 0 Å². The Labute approximate surface area is 105 Å². The second-order valence-electron chi connectivity index (χ2n) is 5.58. The molecule has 0 radical (unpaired) electrons. The van der Waals surface area contributed by atoms with Gasteiger partial charge in [-0.1, -0.05) is 44.2 Å². The van der Waals surface area contributed by atoms with Crippen molar-refractivity contribution in [2.45, 2.75) is 39.1 Å². The first kappa shape index (κ1) is 13.9. The predicted molar refractivity (Wildman–Crippen MR) is 73.0 cm³/mol. The van der Waals surface area contributed by atoms with Crippen molar-refractivity contribution in [1.82, 2.24) is 0 Å². The summed E-state index contributed by atoms with van der Waals surface area (Å²) in [5.41, 5.74) is 0.145. The molecule has 1 rings (SSSR count). The van der Waals surface area contributed by atoms with Crippen LogP contribution in [0.4, 0.5) is 0 Å². The summed E-state index contributed by atoms with van der Waals surface area (Å²) in [7, 11) is -1.78. The molecule has 0 aliphatic carbocycles. The van der Waals surface area contributed by atoms with Crippen LogP contribution in [0.5, 0.6) is 0 Å². The molecule has 0 fully saturated rings. The van der Waals surface area contributed by atoms with Gasteiger partial charge in [-0.3, -0.25) is 0 Å². The summed E-state index contributed by atoms with van der Waals surface area (Å²) in [6.45, 7) is 10.4. The number of nitrogens with zero attached hydrogens (tertiary/aromatic N) is 1. The summed E-state index contributed by atoms with van der Waals surface area (Å²) in [5, 5.41) is 9.61. The first-order chi connectivity index (χ1) is 7.82. The Morgan fingerprint density at radius 1 is 1.18 bits per heavy atom. The Hall–Kier alpha value is -1.11. The number of hydrogen-bond donors (Lipinski definition) is 0. The van der Waals surface area contributed by atoms with Gasteiger partial charge in [0.05, 0.1) is 0 Å². The monoisotopic (exact) mass is 247 g/mol. The lowest BCUT2D eigenvalue weighted by Crippen LogP contribution is -2.43. The van der Waals surface area contributed by atoms with E-state index in [0.29, 0.717) is 0 Å². The molecule has 2 nitrogen and oxygen atoms in total. The molecule has 0 aliphatic heterocycles. The van der Waals surface area contributed by atoms with E-state index < -0.39 is 13.9 Å². The summed E-state index contributed by atoms with van der Waals surface area (Å²) >= 11 is 0. The zero-order chi connectivity index (χ0) is 13.1. The first-order valence-corrected chi connectivity index (χ1v) is 9.39. The summed E-state index contributed by atoms with van der Waals surface area (Å²) in [4.78, 5) is 0. The highest BCUT2D eigenvalue weighted by atomic mass is 28.4. The fraction of sp³-hybridized carbons (Fsp3) is 0.500. The van der Waals surface area contributed by atoms with E-state index in [0.717, 1.165) is 5.56 Å². The van der Waals surface area contributed by atoms with E-state index in [2.05, 4.69) is 25.7 Å². The third-order valence-electron chi connectivity index (χ3n) is 2.65. The Kier molecular flexibility index (Phi) is 4.13. The molecule has 1 unspecified atom stereocenters. The Balaban J connectivity index is 3.25. The number of nitriles is 1. The van der Waals surface area contributed by atoms with Gasteiger partial charge in [0.25, 0.3) is 0 Å². The fourth-order valence-corrected chi connectivity index (χ4v) is 3.26. The maximum absolute atomic E-state index is 9.61. The molecule has 0 N–H and O–H groups in total. The van der Waals surface area contributed by atoms with Crippen LogP contribution in [0.15, 0.2) is 30.3 Å². The quantitative estimate of drug-likeness (QED) is 0.756. The van der Waals surface area contributed by atoms with Crippen molar-refractivity contribution < 1.29 is 4.43 Å². The van der Waals surface area contributed by atoms with E-state index in [1.165, 1.54) is 0 Å². The third-order valence-corrected chi connectivity index (χ3v) is 3.58. The minimum atomic E-state index is -1.78. The van der Waals surface area contributed by atoms with Gasteiger partial charge in [-0.15, -0.1) is 0 Å². The highest BCUT2D eigenvalue weighted by Gasteiger charge is 2.40. The van der Waals surface area contributed by atoms with Crippen LogP contribution in [0.25, 0.3) is 0 Å². The number of hydrogen-bond acceptors (Lipinski definition) is 2. The van der Waals surface area contributed by atoms with Crippen molar-refractivity contribution in [3.63, 3.8) is 0 Å². The zero-order valence-electron chi connectivity index (χ0n) is 11.3. The van der Waals surface area contributed by atoms with Crippen LogP contribution in [0.1, 0.15) is 19.4 Å². The van der Waals surface area contributed by atoms with Gasteiger partial charge in [-0.2, -0.15) is 5.26 Å². The highest BCUT2D eigenvalue weighted by molar-refractivity contribution is 6.69. The van der Waals surface area contributed by atoms with Crippen LogP contribution in [0, 0.1) is 17.2 Å². The zero-order valence-corrected chi connectivity index (χ0v) is 12.3. The second kappa shape index (κ2) is 5.03. The van der Waals surface area contributed by atoms with Gasteiger partial charge in [-0.25, -0.2) is 0 Å². The Bertz CT molecular complexity index is 402. The molecule has 0 saturated heterocycles. The van der Waals surface area contributed by atoms with Gasteiger partial charge in [0.15, 0.2) is 13.9 Å². The van der Waals surface area contributed by atoms with Crippen LogP contribution in [0.2, 0.25) is 19.6 Å². The Morgan fingerprint density at radius 3 is 2.06 bits per heavy atom. The van der Waals surface area contributed by atoms with Crippen molar-refractivity contribution in [3.8, 4) is 6.07 Å². The smallest absolute Gasteiger partial charge is 0.186 e. The molecular formula is C14H21NOSi. The maximum atomic E-state index is 9.61. The minimum Gasteiger partial charge on any atom is -0.396 e. The average molecular weight is 247 g/mol. The summed E-state index contributed by atoms with van der Waals surface area (Å²) < 4.78 is 6.20. The lowest BCUT2D eigenvalue weighted by atomic mass is 9.85. The lowest BCUT2D eigenvalue weighted by Gasteiger charge is -2.37. The van der Waals surface area contributed by atoms with Crippen LogP contribution in [-0.4, -0.2) is 8.32 Å². The molecule has 0 bridgehead atoms. The van der Waals surface area contributed by atoms with E-state index in [9.17, 15) is 5.26 Å². The standard InChI is InChI=1S/C14H21NOSi/c1-12(2)14(11-15,16-17(3,4)5)13-9-7-6-8-10-13/h6-10,12H,1-5H3. The van der Waals surface area contributed by atoms with E-state index in [1.807, 2.05) is 44.2 Å². The summed E-state index contributed by atoms with van der Waals surface area (Å²) in [5.74, 6) is 0.127. The number of rotatable bonds is 4. The molecule has 1 atom stereocenters. The molecular weight excluding hydrogens is 226 g/mol. The van der Waals surface area contributed by atoms with Crippen molar-refractivity contribution in [3.05, 3.63) is 35.9 Å². The molecule has 0 spiro atoms. The number of benzene rings is 1. The van der Waals surface area contributed by atoms with E-state index in [1.54, 1.807) is 0 Å². The molecule has 0 saturated carbocycles. The van der Waals surface area contributed by atoms with Gasteiger partial charge in [0.2, 0.25) is 0 Å². The summed E-state index contributed by atoms with van der Waals surface area (Å²) in [6.07, 6.45) is 0. The third kappa shape index (κ3) is 3.18. The summed E-state index contributed by atoms with van der Waals surface area (Å²) in [6, 6.07) is 12.2. The lowest BCUT2D eigenvalue weighted by molar-refractivity contribution is 0.0680. The van der Waals surface area contributed by atoms with E-state index >= 15 is 0 Å². The predicted octanol–water partition coefficient (Wildman–Crippen LogP) is 3.91. The molecule has 0 amide bonds. The molecule has 3 heteroatoms. The van der Waals surface area contributed by atoms with Crippen molar-refractivity contribution in [2.24, 2.45) is 5.92 Å². The largest absolute Gasteiger partial charge is 0.396 e. The van der Waals surface area contributed by atoms with E-state index in [-0.39, 0.29) is 5.92 Å². The van der Waals surface area contributed by atoms with E-state index in [4.69, 9.17) is 4.43 Å². The topological polar surface area (TPSA) is 33.0 Å². The van der Waals surface area contributed by atoms with Crippen LogP contribution < -0.4 is 0 Å². The molecule has 1 aromatic rings. The van der Waals surface area contributed by atoms with Crippen LogP contribution >= 0.6 is 0 Å². The Morgan fingerprint density at radius 2 is 1.71 bits per heavy atom. The maximum Gasteiger partial charge on any atom is 0.186 e. The molecule has 0 heterocycles. The molecule has 0 aromatic heterocycles. The van der Waals surface area contributed by atoms with Gasteiger partial charge in [-0.05, 0) is 31.1 Å². The van der Waals surface area contributed by atoms with Crippen LogP contribution in [0.3, 0.4) is 0 Å². The SMILES string of the molecule is CC(C)C(C#N)(O[Si](C)(C)C)c1ccccc1. The molecule has 0 aliphatic rings. The first-order valence-electron chi connectivity index (χ1n) is 5.99. The van der Waals surface area contributed by atoms with Gasteiger partial charge in [0.1, 0.15) is 6.07 Å². The van der Waals surface area contributed by atoms with Gasteiger partial charge < -0.3 is 4.43 Å². The van der Waals surface area contributed by atoms with Crippen molar-refractivity contribution in [1.29, 1.82) is 5.26 Å². The fourth-order valence-electron chi connectivity index (χ4n) is 1.90. The highest BCUT2D eigenvalue weighted by Crippen LogP contribution is 2.35. The minimum absolute atomic E-state index is 0.127. The van der Waals surface area contributed by atoms with Crippen molar-refractivity contribution in [2.75, 3.05) is 0 Å². The van der Waals surface area contributed by atoms with Crippen molar-refractivity contribution >= 4 is 8.32 Å². The van der Waals surface area contributed by atoms with Crippen LogP contribution in [-0.2, 0) is 10.0 Å². The average Bonchev–Trinajstić information content (AvgIpc) is 2.25.